The van der Waals surface area contributed by atoms with Gasteiger partial charge in [0.25, 0.3) is 5.89 Å². The van der Waals surface area contributed by atoms with E-state index in [0.29, 0.717) is 30.0 Å². The minimum atomic E-state index is 0.433. The average molecular weight is 339 g/mol. The Balaban J connectivity index is 1.28. The summed E-state index contributed by atoms with van der Waals surface area (Å²) in [5, 5.41) is 11.6. The summed E-state index contributed by atoms with van der Waals surface area (Å²) >= 11 is 0. The molecule has 25 heavy (non-hydrogen) atoms. The van der Waals surface area contributed by atoms with Crippen LogP contribution < -0.4 is 5.32 Å². The van der Waals surface area contributed by atoms with Crippen LogP contribution in [0.2, 0.25) is 0 Å². The Bertz CT molecular complexity index is 815. The van der Waals surface area contributed by atoms with Gasteiger partial charge in [0, 0.05) is 19.3 Å². The first-order chi connectivity index (χ1) is 12.3. The normalized spacial score (nSPS) is 17.9. The van der Waals surface area contributed by atoms with Crippen molar-refractivity contribution in [1.82, 2.24) is 20.1 Å². The number of nitrogens with zero attached hydrogens (tertiary/aromatic N) is 4. The molecule has 1 atom stereocenters. The van der Waals surface area contributed by atoms with Crippen LogP contribution >= 0.6 is 0 Å². The van der Waals surface area contributed by atoms with Gasteiger partial charge < -0.3 is 14.2 Å². The number of hydrogen-bond donors (Lipinski definition) is 1. The van der Waals surface area contributed by atoms with Gasteiger partial charge >= 0.3 is 0 Å². The monoisotopic (exact) mass is 339 g/mol. The lowest BCUT2D eigenvalue weighted by molar-refractivity contribution is 0.282. The van der Waals surface area contributed by atoms with Crippen LogP contribution in [0.15, 0.2) is 45.6 Å². The molecular weight excluding hydrogens is 318 g/mol. The summed E-state index contributed by atoms with van der Waals surface area (Å²) in [6.07, 6.45) is 4.59. The van der Waals surface area contributed by atoms with Crippen LogP contribution in [0.4, 0.5) is 5.82 Å². The number of aromatic nitrogens is 3. The fourth-order valence-electron chi connectivity index (χ4n) is 3.11. The van der Waals surface area contributed by atoms with E-state index in [-0.39, 0.29) is 0 Å². The van der Waals surface area contributed by atoms with E-state index in [9.17, 15) is 0 Å². The molecule has 0 aliphatic carbocycles. The van der Waals surface area contributed by atoms with Gasteiger partial charge in [-0.25, -0.2) is 4.98 Å². The van der Waals surface area contributed by atoms with Gasteiger partial charge in [-0.1, -0.05) is 0 Å². The summed E-state index contributed by atoms with van der Waals surface area (Å²) in [6.45, 7) is 5.72. The van der Waals surface area contributed by atoms with E-state index < -0.39 is 0 Å². The first-order valence-electron chi connectivity index (χ1n) is 8.51. The van der Waals surface area contributed by atoms with E-state index in [0.717, 1.165) is 31.9 Å². The fraction of sp³-hybridized carbons (Fsp3) is 0.389. The van der Waals surface area contributed by atoms with Crippen molar-refractivity contribution in [2.24, 2.45) is 5.92 Å². The third-order valence-electron chi connectivity index (χ3n) is 4.41. The minimum absolute atomic E-state index is 0.433. The molecule has 1 N–H and O–H groups in total. The van der Waals surface area contributed by atoms with Crippen LogP contribution in [0.1, 0.15) is 17.9 Å². The molecule has 4 heterocycles. The maximum absolute atomic E-state index is 5.68. The Kier molecular flexibility index (Phi) is 4.47. The maximum Gasteiger partial charge on any atom is 0.283 e. The van der Waals surface area contributed by atoms with Crippen molar-refractivity contribution in [3.05, 3.63) is 48.2 Å². The van der Waals surface area contributed by atoms with E-state index in [2.05, 4.69) is 38.4 Å². The van der Waals surface area contributed by atoms with Gasteiger partial charge in [-0.15, -0.1) is 10.2 Å². The molecule has 1 saturated heterocycles. The fourth-order valence-corrected chi connectivity index (χ4v) is 3.11. The third-order valence-corrected chi connectivity index (χ3v) is 4.41. The van der Waals surface area contributed by atoms with Crippen molar-refractivity contribution < 1.29 is 8.83 Å². The van der Waals surface area contributed by atoms with E-state index in [1.165, 1.54) is 5.56 Å². The topological polar surface area (TPSA) is 80.2 Å². The van der Waals surface area contributed by atoms with E-state index in [1.54, 1.807) is 12.3 Å². The van der Waals surface area contributed by atoms with Gasteiger partial charge in [-0.05, 0) is 55.6 Å². The number of nitrogens with one attached hydrogen (secondary N) is 1. The van der Waals surface area contributed by atoms with Crippen molar-refractivity contribution >= 4 is 5.82 Å². The number of rotatable bonds is 6. The summed E-state index contributed by atoms with van der Waals surface area (Å²) < 4.78 is 11.0. The zero-order chi connectivity index (χ0) is 17.1. The number of likely N-dealkylation sites (tertiary alicyclic amines) is 1. The molecule has 1 aliphatic rings. The Labute approximate surface area is 146 Å². The predicted octanol–water partition coefficient (Wildman–Crippen LogP) is 2.97. The minimum Gasteiger partial charge on any atom is -0.459 e. The smallest absolute Gasteiger partial charge is 0.283 e. The standard InChI is InChI=1S/C18H21N5O2/c1-13-4-6-19-16(9-13)20-10-14-5-7-23(11-14)12-17-21-22-18(25-17)15-3-2-8-24-15/h2-4,6,8-9,14H,5,7,10-12H2,1H3,(H,19,20)/t14-/m1/s1. The van der Waals surface area contributed by atoms with Crippen LogP contribution in [0.25, 0.3) is 11.7 Å². The van der Waals surface area contributed by atoms with Gasteiger partial charge in [-0.3, -0.25) is 4.90 Å². The van der Waals surface area contributed by atoms with E-state index >= 15 is 0 Å². The number of hydrogen-bond acceptors (Lipinski definition) is 7. The highest BCUT2D eigenvalue weighted by molar-refractivity contribution is 5.42. The molecule has 7 heteroatoms. The lowest BCUT2D eigenvalue weighted by Crippen LogP contribution is -2.23. The summed E-state index contributed by atoms with van der Waals surface area (Å²) in [7, 11) is 0. The summed E-state index contributed by atoms with van der Waals surface area (Å²) in [4.78, 5) is 6.69. The highest BCUT2D eigenvalue weighted by atomic mass is 16.4. The van der Waals surface area contributed by atoms with E-state index in [1.807, 2.05) is 18.3 Å². The molecule has 0 aromatic carbocycles. The first-order valence-corrected chi connectivity index (χ1v) is 8.51. The van der Waals surface area contributed by atoms with Gasteiger partial charge in [0.2, 0.25) is 5.89 Å². The Morgan fingerprint density at radius 1 is 1.32 bits per heavy atom. The second-order valence-electron chi connectivity index (χ2n) is 6.47. The van der Waals surface area contributed by atoms with Gasteiger partial charge in [0.1, 0.15) is 5.82 Å². The Morgan fingerprint density at radius 3 is 3.12 bits per heavy atom. The second-order valence-corrected chi connectivity index (χ2v) is 6.47. The lowest BCUT2D eigenvalue weighted by atomic mass is 10.1. The van der Waals surface area contributed by atoms with Crippen LogP contribution in [-0.2, 0) is 6.54 Å². The summed E-state index contributed by atoms with van der Waals surface area (Å²) in [5.41, 5.74) is 1.22. The maximum atomic E-state index is 5.68. The van der Waals surface area contributed by atoms with Crippen molar-refractivity contribution in [3.63, 3.8) is 0 Å². The van der Waals surface area contributed by atoms with Crippen LogP contribution in [0.5, 0.6) is 0 Å². The molecule has 0 saturated carbocycles. The molecule has 4 rings (SSSR count). The van der Waals surface area contributed by atoms with Crippen LogP contribution in [-0.4, -0.2) is 39.7 Å². The molecule has 3 aromatic rings. The summed E-state index contributed by atoms with van der Waals surface area (Å²) in [6, 6.07) is 7.69. The Morgan fingerprint density at radius 2 is 2.28 bits per heavy atom. The SMILES string of the molecule is Cc1ccnc(NC[C@H]2CCN(Cc3nnc(-c4ccco4)o3)C2)c1. The molecule has 1 fully saturated rings. The molecule has 1 aliphatic heterocycles. The summed E-state index contributed by atoms with van der Waals surface area (Å²) in [5.74, 6) is 3.20. The zero-order valence-electron chi connectivity index (χ0n) is 14.2. The molecule has 0 unspecified atom stereocenters. The molecule has 3 aromatic heterocycles. The number of aryl methyl sites for hydroxylation is 1. The van der Waals surface area contributed by atoms with Gasteiger partial charge in [0.15, 0.2) is 5.76 Å². The molecule has 0 radical (unpaired) electrons. The van der Waals surface area contributed by atoms with Crippen molar-refractivity contribution in [2.75, 3.05) is 25.0 Å². The Hall–Kier alpha value is -2.67. The first kappa shape index (κ1) is 15.8. The number of furan rings is 1. The van der Waals surface area contributed by atoms with E-state index in [4.69, 9.17) is 8.83 Å². The average Bonchev–Trinajstić information content (AvgIpc) is 3.35. The zero-order valence-corrected chi connectivity index (χ0v) is 14.2. The van der Waals surface area contributed by atoms with Crippen molar-refractivity contribution in [3.8, 4) is 11.7 Å². The largest absolute Gasteiger partial charge is 0.459 e. The second kappa shape index (κ2) is 7.06. The van der Waals surface area contributed by atoms with Crippen LogP contribution in [0, 0.1) is 12.8 Å². The molecule has 0 spiro atoms. The predicted molar refractivity (Wildman–Crippen MR) is 92.8 cm³/mol. The highest BCUT2D eigenvalue weighted by Crippen LogP contribution is 2.22. The van der Waals surface area contributed by atoms with Crippen molar-refractivity contribution in [2.45, 2.75) is 19.9 Å². The molecule has 0 amide bonds. The lowest BCUT2D eigenvalue weighted by Gasteiger charge is -2.14. The molecule has 7 nitrogen and oxygen atoms in total. The third kappa shape index (κ3) is 3.88. The quantitative estimate of drug-likeness (QED) is 0.739. The molecule has 130 valence electrons. The number of pyridine rings is 1. The molecular formula is C18H21N5O2. The van der Waals surface area contributed by atoms with Crippen LogP contribution in [0.3, 0.4) is 0 Å². The van der Waals surface area contributed by atoms with Gasteiger partial charge in [0.05, 0.1) is 12.8 Å². The highest BCUT2D eigenvalue weighted by Gasteiger charge is 2.24. The molecule has 0 bridgehead atoms. The number of anilines is 1. The van der Waals surface area contributed by atoms with Gasteiger partial charge in [-0.2, -0.15) is 0 Å². The van der Waals surface area contributed by atoms with Crippen molar-refractivity contribution in [1.29, 1.82) is 0 Å².